The molecule has 4 heterocycles. The van der Waals surface area contributed by atoms with Crippen molar-refractivity contribution < 1.29 is 9.47 Å². The molecule has 0 fully saturated rings. The Morgan fingerprint density at radius 3 is 2.46 bits per heavy atom. The van der Waals surface area contributed by atoms with Crippen molar-refractivity contribution >= 4 is 39.6 Å². The molecule has 0 radical (unpaired) electrons. The van der Waals surface area contributed by atoms with E-state index in [1.165, 1.54) is 65.8 Å². The van der Waals surface area contributed by atoms with Crippen molar-refractivity contribution in [3.05, 3.63) is 177 Å². The Kier molecular flexibility index (Phi) is 5.37. The normalized spacial score (nSPS) is 21.0. The van der Waals surface area contributed by atoms with E-state index in [4.69, 9.17) is 14.5 Å². The lowest BCUT2D eigenvalue weighted by atomic mass is 9.85. The Bertz CT molecular complexity index is 2700. The van der Waals surface area contributed by atoms with Crippen LogP contribution < -0.4 is 30.6 Å². The van der Waals surface area contributed by atoms with E-state index in [9.17, 15) is 0 Å². The summed E-state index contributed by atoms with van der Waals surface area (Å²) >= 11 is 0. The summed E-state index contributed by atoms with van der Waals surface area (Å²) < 4.78 is 15.9. The minimum absolute atomic E-state index is 0.0861. The van der Waals surface area contributed by atoms with Crippen molar-refractivity contribution in [2.45, 2.75) is 30.9 Å². The zero-order valence-electron chi connectivity index (χ0n) is 26.1. The van der Waals surface area contributed by atoms with Crippen LogP contribution in [0.3, 0.4) is 0 Å². The van der Waals surface area contributed by atoms with E-state index in [0.717, 1.165) is 35.5 Å². The van der Waals surface area contributed by atoms with Gasteiger partial charge in [0.25, 0.3) is 0 Å². The minimum atomic E-state index is -0.112. The average Bonchev–Trinajstić information content (AvgIpc) is 3.90. The fourth-order valence-corrected chi connectivity index (χ4v) is 8.72. The first-order valence-corrected chi connectivity index (χ1v) is 16.9. The summed E-state index contributed by atoms with van der Waals surface area (Å²) in [6.45, 7) is 0. The smallest absolute Gasteiger partial charge is 0.137 e. The van der Waals surface area contributed by atoms with Gasteiger partial charge in [-0.15, -0.1) is 0 Å². The number of hydrogen-bond acceptors (Lipinski definition) is 3. The highest BCUT2D eigenvalue weighted by atomic mass is 16.5. The van der Waals surface area contributed by atoms with Crippen LogP contribution in [0.2, 0.25) is 0 Å². The number of ether oxygens (including phenoxy) is 2. The lowest BCUT2D eigenvalue weighted by Crippen LogP contribution is -2.37. The van der Waals surface area contributed by atoms with Gasteiger partial charge in [0.15, 0.2) is 0 Å². The van der Waals surface area contributed by atoms with Crippen molar-refractivity contribution in [2.75, 3.05) is 0 Å². The fourth-order valence-electron chi connectivity index (χ4n) is 8.72. The lowest BCUT2D eigenvalue weighted by molar-refractivity contribution is 0.279. The van der Waals surface area contributed by atoms with Crippen molar-refractivity contribution in [3.63, 3.8) is 0 Å². The zero-order valence-corrected chi connectivity index (χ0v) is 26.1. The Labute approximate surface area is 277 Å². The van der Waals surface area contributed by atoms with Crippen LogP contribution in [0.15, 0.2) is 138 Å². The van der Waals surface area contributed by atoms with Crippen LogP contribution in [-0.2, 0) is 0 Å². The van der Waals surface area contributed by atoms with Crippen LogP contribution in [0.1, 0.15) is 47.1 Å². The van der Waals surface area contributed by atoms with Gasteiger partial charge in [0, 0.05) is 44.6 Å². The van der Waals surface area contributed by atoms with Crippen molar-refractivity contribution in [2.24, 2.45) is 4.99 Å². The van der Waals surface area contributed by atoms with Crippen LogP contribution in [-0.4, -0.2) is 10.7 Å². The van der Waals surface area contributed by atoms with Gasteiger partial charge in [0.1, 0.15) is 29.4 Å². The topological polar surface area (TPSA) is 35.8 Å². The third-order valence-corrected chi connectivity index (χ3v) is 10.8. The summed E-state index contributed by atoms with van der Waals surface area (Å²) in [4.78, 5) is 5.32. The Morgan fingerprint density at radius 1 is 0.708 bits per heavy atom. The minimum Gasteiger partial charge on any atom is -0.485 e. The quantitative estimate of drug-likeness (QED) is 0.220. The van der Waals surface area contributed by atoms with Crippen molar-refractivity contribution in [1.82, 2.24) is 4.57 Å². The second-order valence-corrected chi connectivity index (χ2v) is 13.3. The van der Waals surface area contributed by atoms with Gasteiger partial charge in [-0.1, -0.05) is 109 Å². The molecule has 4 nitrogen and oxygen atoms in total. The van der Waals surface area contributed by atoms with Gasteiger partial charge < -0.3 is 14.0 Å². The van der Waals surface area contributed by atoms with Crippen molar-refractivity contribution in [3.8, 4) is 11.5 Å². The number of hydrogen-bond donors (Lipinski definition) is 0. The molecule has 6 aromatic rings. The molecule has 0 amide bonds. The van der Waals surface area contributed by atoms with E-state index in [1.807, 2.05) is 0 Å². The molecule has 0 spiro atoms. The second-order valence-electron chi connectivity index (χ2n) is 13.3. The van der Waals surface area contributed by atoms with Gasteiger partial charge in [-0.25, -0.2) is 0 Å². The van der Waals surface area contributed by atoms with E-state index in [1.54, 1.807) is 0 Å². The van der Waals surface area contributed by atoms with Gasteiger partial charge in [-0.05, 0) is 53.5 Å². The van der Waals surface area contributed by atoms with Crippen LogP contribution in [0.4, 0.5) is 0 Å². The number of nitrogens with zero attached hydrogens (tertiary/aromatic N) is 2. The number of benzene rings is 5. The standard InChI is InChI=1S/C44H30N2O2/c1-2-11-26(12-3-1)40-32-15-4-7-17-35(32)45-42(40)34-16-10-20-38-41(34)33-22-21-27(25-39(33)47-38)46-36-18-8-5-13-28(36)30-23-24-31-29-14-6-9-19-37(29)48-44(31)43(30)46/h1-23,31,39,42H,24-25H2. The Hall–Kier alpha value is -5.87. The predicted octanol–water partition coefficient (Wildman–Crippen LogP) is 6.77. The molecule has 0 saturated carbocycles. The molecule has 0 saturated heterocycles. The molecule has 0 N–H and O–H groups in total. The largest absolute Gasteiger partial charge is 0.485 e. The van der Waals surface area contributed by atoms with E-state index in [0.29, 0.717) is 0 Å². The Balaban J connectivity index is 1.08. The van der Waals surface area contributed by atoms with Gasteiger partial charge in [-0.2, -0.15) is 0 Å². The number of para-hydroxylation sites is 3. The number of aromatic nitrogens is 1. The van der Waals surface area contributed by atoms with Crippen LogP contribution in [0.25, 0.3) is 39.6 Å². The highest BCUT2D eigenvalue weighted by Crippen LogP contribution is 2.49. The second kappa shape index (κ2) is 9.82. The molecule has 3 unspecified atom stereocenters. The van der Waals surface area contributed by atoms with E-state index >= 15 is 0 Å². The highest BCUT2D eigenvalue weighted by Gasteiger charge is 2.38. The molecule has 0 bridgehead atoms. The molecule has 3 aliphatic heterocycles. The Morgan fingerprint density at radius 2 is 1.50 bits per heavy atom. The van der Waals surface area contributed by atoms with Gasteiger partial charge in [-0.3, -0.25) is 4.99 Å². The van der Waals surface area contributed by atoms with E-state index in [-0.39, 0.29) is 18.1 Å². The predicted molar refractivity (Wildman–Crippen MR) is 190 cm³/mol. The fraction of sp³-hybridized carbons (Fsp3) is 0.114. The summed E-state index contributed by atoms with van der Waals surface area (Å²) in [5.41, 5.74) is 9.76. The summed E-state index contributed by atoms with van der Waals surface area (Å²) in [5, 5.41) is 5.95. The third kappa shape index (κ3) is 3.57. The summed E-state index contributed by atoms with van der Waals surface area (Å²) in [5.74, 6) is 3.21. The van der Waals surface area contributed by atoms with Crippen LogP contribution in [0.5, 0.6) is 11.5 Å². The highest BCUT2D eigenvalue weighted by molar-refractivity contribution is 5.91. The summed E-state index contributed by atoms with van der Waals surface area (Å²) in [6.07, 6.45) is 8.63. The molecule has 4 heteroatoms. The van der Waals surface area contributed by atoms with Crippen molar-refractivity contribution in [1.29, 1.82) is 0 Å². The monoisotopic (exact) mass is 618 g/mol. The molecular weight excluding hydrogens is 588 g/mol. The maximum Gasteiger partial charge on any atom is 0.137 e. The number of rotatable bonds is 3. The molecule has 48 heavy (non-hydrogen) atoms. The first-order valence-electron chi connectivity index (χ1n) is 16.9. The molecule has 228 valence electrons. The molecule has 1 aromatic heterocycles. The van der Waals surface area contributed by atoms with Gasteiger partial charge in [0.2, 0.25) is 0 Å². The maximum atomic E-state index is 6.83. The summed E-state index contributed by atoms with van der Waals surface area (Å²) in [7, 11) is 0. The van der Waals surface area contributed by atoms with Gasteiger partial charge >= 0.3 is 0 Å². The number of fused-ring (bicyclic) bond motifs is 10. The van der Waals surface area contributed by atoms with E-state index < -0.39 is 0 Å². The first kappa shape index (κ1) is 26.2. The SMILES string of the molecule is C1=C2c3c(cccc3C3N=c4ccccc4=C3c3ccccc3)OC2CC(n2c3c(c4ccccc42)=CCC2C=3Oc3ccccc32)=C1. The number of allylic oxidation sites excluding steroid dienone is 2. The molecule has 5 aliphatic rings. The molecule has 5 aromatic carbocycles. The molecule has 11 rings (SSSR count). The molecule has 3 atom stereocenters. The molecule has 2 aliphatic carbocycles. The van der Waals surface area contributed by atoms with Crippen LogP contribution >= 0.6 is 0 Å². The van der Waals surface area contributed by atoms with Crippen LogP contribution in [0, 0.1) is 0 Å². The van der Waals surface area contributed by atoms with E-state index in [2.05, 4.69) is 144 Å². The zero-order chi connectivity index (χ0) is 31.3. The summed E-state index contributed by atoms with van der Waals surface area (Å²) in [6, 6.07) is 42.8. The third-order valence-electron chi connectivity index (χ3n) is 10.8. The first-order chi connectivity index (χ1) is 23.8. The maximum absolute atomic E-state index is 6.83. The lowest BCUT2D eigenvalue weighted by Gasteiger charge is -2.23. The average molecular weight is 619 g/mol. The van der Waals surface area contributed by atoms with Gasteiger partial charge in [0.05, 0.1) is 22.1 Å². The molecular formula is C44H30N2O2.